The van der Waals surface area contributed by atoms with E-state index in [4.69, 9.17) is 25.8 Å². The first kappa shape index (κ1) is 15.6. The molecule has 0 radical (unpaired) electrons. The molecule has 2 aromatic carbocycles. The molecule has 2 aromatic rings. The van der Waals surface area contributed by atoms with Crippen LogP contribution in [0.3, 0.4) is 0 Å². The lowest BCUT2D eigenvalue weighted by Gasteiger charge is -2.16. The number of carbonyl (C=O) groups excluding carboxylic acids is 1. The van der Waals surface area contributed by atoms with Crippen LogP contribution in [0, 0.1) is 0 Å². The Morgan fingerprint density at radius 2 is 2.00 bits per heavy atom. The molecule has 0 fully saturated rings. The number of benzene rings is 2. The van der Waals surface area contributed by atoms with Gasteiger partial charge in [-0.25, -0.2) is 4.79 Å². The summed E-state index contributed by atoms with van der Waals surface area (Å²) in [6, 6.07) is 14.5. The lowest BCUT2D eigenvalue weighted by molar-refractivity contribution is -0.131. The normalized spacial score (nSPS) is 16.1. The molecule has 0 atom stereocenters. The Balaban J connectivity index is 1.89. The topological polar surface area (TPSA) is 44.8 Å². The largest absolute Gasteiger partial charge is 0.467 e. The van der Waals surface area contributed by atoms with Gasteiger partial charge < -0.3 is 14.2 Å². The Morgan fingerprint density at radius 1 is 1.17 bits per heavy atom. The van der Waals surface area contributed by atoms with Gasteiger partial charge in [0, 0.05) is 11.4 Å². The summed E-state index contributed by atoms with van der Waals surface area (Å²) in [5, 5.41) is 0. The number of halogens is 1. The number of ether oxygens (including phenoxy) is 3. The Hall–Kier alpha value is -2.30. The molecule has 1 aliphatic heterocycles. The fourth-order valence-corrected chi connectivity index (χ4v) is 2.36. The van der Waals surface area contributed by atoms with E-state index in [1.54, 1.807) is 18.2 Å². The molecule has 5 heteroatoms. The highest BCUT2D eigenvalue weighted by atomic mass is 35.5. The summed E-state index contributed by atoms with van der Waals surface area (Å²) in [5.41, 5.74) is 2.15. The SMILES string of the molecule is O=C(Oc1ccccc1)/C1=C/c2cc(CCl)ccc2OCOC1. The number of hydrogen-bond acceptors (Lipinski definition) is 4. The third-order valence-electron chi connectivity index (χ3n) is 3.33. The number of para-hydroxylation sites is 1. The van der Waals surface area contributed by atoms with Crippen molar-refractivity contribution in [2.75, 3.05) is 13.4 Å². The number of fused-ring (bicyclic) bond motifs is 1. The Labute approximate surface area is 139 Å². The highest BCUT2D eigenvalue weighted by molar-refractivity contribution is 6.17. The maximum atomic E-state index is 12.4. The predicted molar refractivity (Wildman–Crippen MR) is 87.5 cm³/mol. The summed E-state index contributed by atoms with van der Waals surface area (Å²) < 4.78 is 16.2. The first-order chi connectivity index (χ1) is 11.3. The molecule has 0 bridgehead atoms. The van der Waals surface area contributed by atoms with Crippen LogP contribution in [0.15, 0.2) is 54.1 Å². The second-order valence-corrected chi connectivity index (χ2v) is 5.26. The minimum absolute atomic E-state index is 0.0726. The molecule has 1 aliphatic rings. The summed E-state index contributed by atoms with van der Waals surface area (Å²) in [6.45, 7) is 0.194. The van der Waals surface area contributed by atoms with Crippen LogP contribution in [0.2, 0.25) is 0 Å². The van der Waals surface area contributed by atoms with Crippen molar-refractivity contribution in [1.82, 2.24) is 0 Å². The van der Waals surface area contributed by atoms with Gasteiger partial charge in [0.2, 0.25) is 0 Å². The molecule has 0 saturated heterocycles. The van der Waals surface area contributed by atoms with Crippen LogP contribution in [0.1, 0.15) is 11.1 Å². The molecule has 3 rings (SSSR count). The van der Waals surface area contributed by atoms with Crippen LogP contribution in [0.4, 0.5) is 0 Å². The molecule has 0 amide bonds. The number of hydrogen-bond donors (Lipinski definition) is 0. The third kappa shape index (κ3) is 3.92. The van der Waals surface area contributed by atoms with Gasteiger partial charge in [-0.15, -0.1) is 11.6 Å². The van der Waals surface area contributed by atoms with E-state index in [1.165, 1.54) is 0 Å². The van der Waals surface area contributed by atoms with Gasteiger partial charge in [-0.3, -0.25) is 0 Å². The highest BCUT2D eigenvalue weighted by Crippen LogP contribution is 2.26. The maximum Gasteiger partial charge on any atom is 0.341 e. The van der Waals surface area contributed by atoms with Crippen LogP contribution < -0.4 is 9.47 Å². The minimum atomic E-state index is -0.444. The Bertz CT molecular complexity index is 725. The van der Waals surface area contributed by atoms with Gasteiger partial charge in [0.15, 0.2) is 6.79 Å². The number of rotatable bonds is 3. The van der Waals surface area contributed by atoms with E-state index in [2.05, 4.69) is 0 Å². The van der Waals surface area contributed by atoms with Crippen LogP contribution >= 0.6 is 11.6 Å². The zero-order valence-electron chi connectivity index (χ0n) is 12.3. The zero-order valence-corrected chi connectivity index (χ0v) is 13.1. The van der Waals surface area contributed by atoms with E-state index in [0.717, 1.165) is 11.1 Å². The molecule has 4 nitrogen and oxygen atoms in total. The van der Waals surface area contributed by atoms with E-state index in [9.17, 15) is 4.79 Å². The van der Waals surface area contributed by atoms with E-state index < -0.39 is 5.97 Å². The predicted octanol–water partition coefficient (Wildman–Crippen LogP) is 3.78. The van der Waals surface area contributed by atoms with Crippen LogP contribution in [0.5, 0.6) is 11.5 Å². The van der Waals surface area contributed by atoms with Crippen LogP contribution in [0.25, 0.3) is 6.08 Å². The van der Waals surface area contributed by atoms with Crippen molar-refractivity contribution < 1.29 is 19.0 Å². The summed E-state index contributed by atoms with van der Waals surface area (Å²) in [7, 11) is 0. The van der Waals surface area contributed by atoms with Crippen molar-refractivity contribution in [2.45, 2.75) is 5.88 Å². The molecule has 1 heterocycles. The molecule has 118 valence electrons. The molecule has 0 saturated carbocycles. The van der Waals surface area contributed by atoms with Gasteiger partial charge in [0.05, 0.1) is 12.2 Å². The first-order valence-electron chi connectivity index (χ1n) is 7.13. The molecule has 0 N–H and O–H groups in total. The van der Waals surface area contributed by atoms with Crippen molar-refractivity contribution in [1.29, 1.82) is 0 Å². The first-order valence-corrected chi connectivity index (χ1v) is 7.67. The summed E-state index contributed by atoms with van der Waals surface area (Å²) >= 11 is 5.87. The number of carbonyl (C=O) groups is 1. The zero-order chi connectivity index (χ0) is 16.1. The average Bonchev–Trinajstić information content (AvgIpc) is 2.56. The van der Waals surface area contributed by atoms with Gasteiger partial charge >= 0.3 is 5.97 Å². The summed E-state index contributed by atoms with van der Waals surface area (Å²) in [5.74, 6) is 1.08. The van der Waals surface area contributed by atoms with E-state index in [1.807, 2.05) is 36.4 Å². The smallest absolute Gasteiger partial charge is 0.341 e. The second-order valence-electron chi connectivity index (χ2n) is 4.99. The number of alkyl halides is 1. The van der Waals surface area contributed by atoms with Crippen molar-refractivity contribution in [3.05, 3.63) is 65.2 Å². The van der Waals surface area contributed by atoms with E-state index >= 15 is 0 Å². The van der Waals surface area contributed by atoms with Crippen LogP contribution in [-0.4, -0.2) is 19.4 Å². The van der Waals surface area contributed by atoms with Gasteiger partial charge in [-0.2, -0.15) is 0 Å². The Kier molecular flexibility index (Phi) is 4.95. The molecular weight excluding hydrogens is 316 g/mol. The van der Waals surface area contributed by atoms with Crippen molar-refractivity contribution in [3.63, 3.8) is 0 Å². The lowest BCUT2D eigenvalue weighted by atomic mass is 10.1. The summed E-state index contributed by atoms with van der Waals surface area (Å²) in [6.07, 6.45) is 1.72. The average molecular weight is 331 g/mol. The van der Waals surface area contributed by atoms with Crippen LogP contribution in [-0.2, 0) is 15.4 Å². The fourth-order valence-electron chi connectivity index (χ4n) is 2.19. The van der Waals surface area contributed by atoms with E-state index in [-0.39, 0.29) is 13.4 Å². The molecular formula is C18H15ClO4. The van der Waals surface area contributed by atoms with Crippen molar-refractivity contribution in [2.24, 2.45) is 0 Å². The van der Waals surface area contributed by atoms with Gasteiger partial charge in [-0.05, 0) is 35.9 Å². The molecule has 0 unspecified atom stereocenters. The molecule has 0 spiro atoms. The fraction of sp³-hybridized carbons (Fsp3) is 0.167. The third-order valence-corrected chi connectivity index (χ3v) is 3.64. The standard InChI is InChI=1S/C18H15ClO4/c19-10-13-6-7-17-14(8-13)9-15(11-21-12-22-17)18(20)23-16-4-2-1-3-5-16/h1-9H,10-12H2/b15-9+. The quantitative estimate of drug-likeness (QED) is 0.488. The van der Waals surface area contributed by atoms with E-state index in [0.29, 0.717) is 23.0 Å². The molecule has 23 heavy (non-hydrogen) atoms. The monoisotopic (exact) mass is 330 g/mol. The maximum absolute atomic E-state index is 12.4. The molecule has 0 aliphatic carbocycles. The number of esters is 1. The molecule has 0 aromatic heterocycles. The van der Waals surface area contributed by atoms with Crippen molar-refractivity contribution >= 4 is 23.6 Å². The van der Waals surface area contributed by atoms with Crippen molar-refractivity contribution in [3.8, 4) is 11.5 Å². The Morgan fingerprint density at radius 3 is 2.78 bits per heavy atom. The summed E-state index contributed by atoms with van der Waals surface area (Å²) in [4.78, 5) is 12.4. The second kappa shape index (κ2) is 7.31. The van der Waals surface area contributed by atoms with Gasteiger partial charge in [-0.1, -0.05) is 24.3 Å². The highest BCUT2D eigenvalue weighted by Gasteiger charge is 2.17. The van der Waals surface area contributed by atoms with Gasteiger partial charge in [0.1, 0.15) is 11.5 Å². The lowest BCUT2D eigenvalue weighted by Crippen LogP contribution is -2.18. The van der Waals surface area contributed by atoms with Gasteiger partial charge in [0.25, 0.3) is 0 Å². The minimum Gasteiger partial charge on any atom is -0.467 e.